The van der Waals surface area contributed by atoms with Crippen LogP contribution in [0.4, 0.5) is 17.6 Å². The number of aryl methyl sites for hydroxylation is 6. The summed E-state index contributed by atoms with van der Waals surface area (Å²) in [5, 5.41) is 0. The van der Waals surface area contributed by atoms with Gasteiger partial charge in [-0.2, -0.15) is 0 Å². The summed E-state index contributed by atoms with van der Waals surface area (Å²) in [4.78, 5) is 3.95. The molecule has 0 aliphatic carbocycles. The fraction of sp³-hybridized carbons (Fsp3) is 0.293. The Morgan fingerprint density at radius 2 is 0.674 bits per heavy atom. The summed E-state index contributed by atoms with van der Waals surface area (Å²) in [7, 11) is 0. The van der Waals surface area contributed by atoms with E-state index in [0.29, 0.717) is 11.1 Å². The van der Waals surface area contributed by atoms with Gasteiger partial charge in [0.15, 0.2) is 0 Å². The van der Waals surface area contributed by atoms with Crippen molar-refractivity contribution in [2.45, 2.75) is 84.1 Å². The van der Waals surface area contributed by atoms with Crippen LogP contribution in [-0.2, 0) is 0 Å². The van der Waals surface area contributed by atoms with E-state index in [1.807, 2.05) is 44.4 Å². The van der Waals surface area contributed by atoms with Crippen LogP contribution < -0.4 is 0 Å². The van der Waals surface area contributed by atoms with Crippen molar-refractivity contribution < 1.29 is 17.6 Å². The molecule has 1 nitrogen and oxygen atoms in total. The van der Waals surface area contributed by atoms with Crippen LogP contribution in [0.15, 0.2) is 91.3 Å². The van der Waals surface area contributed by atoms with Crippen molar-refractivity contribution >= 4 is 0 Å². The van der Waals surface area contributed by atoms with Crippen LogP contribution in [-0.4, -0.2) is 4.98 Å². The molecular weight excluding hydrogens is 582 g/mol. The topological polar surface area (TPSA) is 12.9 Å². The molecule has 0 spiro atoms. The van der Waals surface area contributed by atoms with Crippen LogP contribution in [0.5, 0.6) is 0 Å². The molecule has 5 heteroatoms. The predicted molar refractivity (Wildman–Crippen MR) is 191 cm³/mol. The van der Waals surface area contributed by atoms with Crippen molar-refractivity contribution in [1.82, 2.24) is 4.98 Å². The lowest BCUT2D eigenvalue weighted by atomic mass is 10.1. The van der Waals surface area contributed by atoms with Crippen molar-refractivity contribution in [3.05, 3.63) is 170 Å². The highest BCUT2D eigenvalue weighted by molar-refractivity contribution is 5.28. The number of aromatic nitrogens is 1. The maximum atomic E-state index is 12.6. The van der Waals surface area contributed by atoms with E-state index in [1.54, 1.807) is 39.8 Å². The molecule has 0 unspecified atom stereocenters. The first-order valence-electron chi connectivity index (χ1n) is 14.4. The number of benzene rings is 4. The average Bonchev–Trinajstić information content (AvgIpc) is 3.00. The van der Waals surface area contributed by atoms with E-state index in [4.69, 9.17) is 0 Å². The van der Waals surface area contributed by atoms with Gasteiger partial charge in [-0.05, 0) is 155 Å². The number of rotatable bonds is 0. The highest BCUT2D eigenvalue weighted by Gasteiger charge is 2.03. The highest BCUT2D eigenvalue weighted by Crippen LogP contribution is 2.14. The van der Waals surface area contributed by atoms with Gasteiger partial charge in [-0.25, -0.2) is 17.6 Å². The zero-order valence-corrected chi connectivity index (χ0v) is 27.6. The van der Waals surface area contributed by atoms with Gasteiger partial charge in [-0.1, -0.05) is 63.4 Å². The molecule has 0 saturated heterocycles. The summed E-state index contributed by atoms with van der Waals surface area (Å²) >= 11 is 0. The minimum absolute atomic E-state index is 0. The molecule has 1 heterocycles. The summed E-state index contributed by atoms with van der Waals surface area (Å²) < 4.78 is 50.3. The van der Waals surface area contributed by atoms with Gasteiger partial charge < -0.3 is 0 Å². The van der Waals surface area contributed by atoms with E-state index in [9.17, 15) is 17.6 Å². The molecule has 0 fully saturated rings. The number of pyridine rings is 1. The summed E-state index contributed by atoms with van der Waals surface area (Å²) in [6, 6.07) is 22.8. The first kappa shape index (κ1) is 43.9. The summed E-state index contributed by atoms with van der Waals surface area (Å²) in [6.45, 7) is 18.9. The van der Waals surface area contributed by atoms with Crippen molar-refractivity contribution in [1.29, 1.82) is 0 Å². The van der Waals surface area contributed by atoms with Crippen molar-refractivity contribution in [3.63, 3.8) is 0 Å². The molecule has 250 valence electrons. The molecule has 0 amide bonds. The van der Waals surface area contributed by atoms with E-state index in [-0.39, 0.29) is 38.1 Å². The molecule has 0 aliphatic rings. The molecule has 46 heavy (non-hydrogen) atoms. The van der Waals surface area contributed by atoms with Crippen LogP contribution in [0.2, 0.25) is 0 Å². The predicted octanol–water partition coefficient (Wildman–Crippen LogP) is 12.7. The van der Waals surface area contributed by atoms with Crippen LogP contribution in [0.1, 0.15) is 70.5 Å². The quantitative estimate of drug-likeness (QED) is 0.154. The molecule has 0 radical (unpaired) electrons. The molecule has 0 saturated carbocycles. The van der Waals surface area contributed by atoms with E-state index in [2.05, 4.69) is 56.9 Å². The van der Waals surface area contributed by atoms with Gasteiger partial charge >= 0.3 is 0 Å². The Morgan fingerprint density at radius 3 is 0.935 bits per heavy atom. The van der Waals surface area contributed by atoms with Gasteiger partial charge in [-0.3, -0.25) is 4.98 Å². The van der Waals surface area contributed by atoms with Crippen LogP contribution in [0.25, 0.3) is 0 Å². The van der Waals surface area contributed by atoms with Gasteiger partial charge in [0.1, 0.15) is 23.3 Å². The number of nitrogens with zero attached hydrogens (tertiary/aromatic N) is 1. The van der Waals surface area contributed by atoms with Gasteiger partial charge in [0.2, 0.25) is 0 Å². The molecular formula is C41H53F4N. The van der Waals surface area contributed by atoms with Gasteiger partial charge in [0.25, 0.3) is 0 Å². The third-order valence-electron chi connectivity index (χ3n) is 7.46. The number of halogens is 4. The lowest BCUT2D eigenvalue weighted by Crippen LogP contribution is -1.90. The number of hydrogen-bond acceptors (Lipinski definition) is 1. The number of hydrogen-bond donors (Lipinski definition) is 0. The van der Waals surface area contributed by atoms with E-state index in [0.717, 1.165) is 34.4 Å². The molecule has 0 N–H and O–H groups in total. The maximum Gasteiger partial charge on any atom is 0.126 e. The van der Waals surface area contributed by atoms with Crippen LogP contribution in [0.3, 0.4) is 0 Å². The third-order valence-corrected chi connectivity index (χ3v) is 7.46. The van der Waals surface area contributed by atoms with Crippen LogP contribution >= 0.6 is 0 Å². The first-order chi connectivity index (χ1) is 20.7. The Labute approximate surface area is 276 Å². The molecule has 5 aromatic rings. The standard InChI is InChI=1S/C8H8F2.2C8H9F.C8H10.C7H9N.2CH4/c1-5-6(2)8(10)4-3-7(5)9;2*1-6-4-3-5-8(9)7(6)2;1-7-5-3-4-6-8(7)2;1-6-3-4-8-5-7(6)2;;/h3-4H,1-2H3;2*3-5H,1-2H3;3-6H,1-2H3;3-5H,1-2H3;2*1H4. The normalized spacial score (nSPS) is 9.17. The summed E-state index contributed by atoms with van der Waals surface area (Å²) in [5.41, 5.74) is 9.59. The maximum absolute atomic E-state index is 12.6. The zero-order valence-electron chi connectivity index (χ0n) is 27.6. The lowest BCUT2D eigenvalue weighted by molar-refractivity contribution is 0.584. The monoisotopic (exact) mass is 635 g/mol. The second kappa shape index (κ2) is 22.3. The summed E-state index contributed by atoms with van der Waals surface area (Å²) in [6.07, 6.45) is 3.68. The molecule has 0 aliphatic heterocycles. The van der Waals surface area contributed by atoms with Gasteiger partial charge in [0, 0.05) is 12.4 Å². The minimum atomic E-state index is -0.348. The fourth-order valence-electron chi connectivity index (χ4n) is 3.39. The van der Waals surface area contributed by atoms with E-state index < -0.39 is 0 Å². The Kier molecular flexibility index (Phi) is 21.3. The van der Waals surface area contributed by atoms with E-state index >= 15 is 0 Å². The fourth-order valence-corrected chi connectivity index (χ4v) is 3.39. The Bertz CT molecular complexity index is 1410. The molecule has 5 rings (SSSR count). The van der Waals surface area contributed by atoms with Crippen molar-refractivity contribution in [3.8, 4) is 0 Å². The first-order valence-corrected chi connectivity index (χ1v) is 14.4. The average molecular weight is 636 g/mol. The highest BCUT2D eigenvalue weighted by atomic mass is 19.1. The SMILES string of the molecule is C.C.Cc1c(F)ccc(F)c1C.Cc1cccc(F)c1C.Cc1cccc(F)c1C.Cc1ccccc1C.Cc1ccncc1C. The molecule has 1 aromatic heterocycles. The molecule has 0 atom stereocenters. The minimum Gasteiger partial charge on any atom is -0.264 e. The second-order valence-electron chi connectivity index (χ2n) is 10.7. The van der Waals surface area contributed by atoms with Crippen molar-refractivity contribution in [2.75, 3.05) is 0 Å². The van der Waals surface area contributed by atoms with Gasteiger partial charge in [-0.15, -0.1) is 0 Å². The van der Waals surface area contributed by atoms with Crippen LogP contribution in [0, 0.1) is 92.5 Å². The van der Waals surface area contributed by atoms with E-state index in [1.165, 1.54) is 34.4 Å². The Balaban J connectivity index is 0. The Hall–Kier alpha value is -4.25. The lowest BCUT2D eigenvalue weighted by Gasteiger charge is -2.00. The zero-order chi connectivity index (χ0) is 33.4. The molecule has 0 bridgehead atoms. The largest absolute Gasteiger partial charge is 0.264 e. The second-order valence-corrected chi connectivity index (χ2v) is 10.7. The smallest absolute Gasteiger partial charge is 0.126 e. The third kappa shape index (κ3) is 15.2. The summed E-state index contributed by atoms with van der Waals surface area (Å²) in [5.74, 6) is -0.928. The molecule has 4 aromatic carbocycles. The Morgan fingerprint density at radius 1 is 0.348 bits per heavy atom. The van der Waals surface area contributed by atoms with Crippen molar-refractivity contribution in [2.24, 2.45) is 0 Å². The van der Waals surface area contributed by atoms with Gasteiger partial charge in [0.05, 0.1) is 0 Å².